The molecule has 2 unspecified atom stereocenters. The standard InChI is InChI=1S/C13H24O10/c1-4-6(15)9(18)11(13(20-2)21-4)23-12-10(19)8(17)7(16)5(3-14)22-12/h4-19H,3H2,1-2H3/t4-,5+,6-,7+,8-,9+,10-,11+,12?,13?/m0/s1. The van der Waals surface area contributed by atoms with E-state index in [0.29, 0.717) is 0 Å². The van der Waals surface area contributed by atoms with Crippen LogP contribution in [0.15, 0.2) is 0 Å². The van der Waals surface area contributed by atoms with E-state index in [1.54, 1.807) is 6.92 Å². The third-order valence-electron chi connectivity index (χ3n) is 4.16. The molecule has 6 N–H and O–H groups in total. The van der Waals surface area contributed by atoms with Gasteiger partial charge in [-0.2, -0.15) is 0 Å². The number of rotatable bonds is 4. The van der Waals surface area contributed by atoms with Gasteiger partial charge in [0, 0.05) is 7.11 Å². The molecule has 10 heteroatoms. The van der Waals surface area contributed by atoms with E-state index in [-0.39, 0.29) is 0 Å². The first kappa shape index (κ1) is 18.9. The molecular weight excluding hydrogens is 316 g/mol. The Hall–Kier alpha value is -0.400. The lowest BCUT2D eigenvalue weighted by Crippen LogP contribution is -2.63. The summed E-state index contributed by atoms with van der Waals surface area (Å²) in [6.07, 6.45) is -13.0. The van der Waals surface area contributed by atoms with E-state index in [1.165, 1.54) is 7.11 Å². The Morgan fingerprint density at radius 1 is 0.826 bits per heavy atom. The fourth-order valence-electron chi connectivity index (χ4n) is 2.67. The van der Waals surface area contributed by atoms with Crippen molar-refractivity contribution in [3.05, 3.63) is 0 Å². The Morgan fingerprint density at radius 2 is 1.48 bits per heavy atom. The summed E-state index contributed by atoms with van der Waals surface area (Å²) in [4.78, 5) is 0. The molecule has 2 aliphatic heterocycles. The molecule has 0 aromatic rings. The molecule has 2 saturated heterocycles. The van der Waals surface area contributed by atoms with Crippen LogP contribution in [0.1, 0.15) is 6.92 Å². The van der Waals surface area contributed by atoms with E-state index in [2.05, 4.69) is 0 Å². The van der Waals surface area contributed by atoms with Crippen molar-refractivity contribution >= 4 is 0 Å². The zero-order valence-corrected chi connectivity index (χ0v) is 12.8. The van der Waals surface area contributed by atoms with Crippen LogP contribution in [-0.2, 0) is 18.9 Å². The fraction of sp³-hybridized carbons (Fsp3) is 1.00. The molecule has 0 radical (unpaired) electrons. The fourth-order valence-corrected chi connectivity index (χ4v) is 2.67. The highest BCUT2D eigenvalue weighted by molar-refractivity contribution is 4.92. The molecule has 0 amide bonds. The summed E-state index contributed by atoms with van der Waals surface area (Å²) in [6.45, 7) is 0.936. The van der Waals surface area contributed by atoms with Crippen LogP contribution in [0.3, 0.4) is 0 Å². The molecule has 0 spiro atoms. The van der Waals surface area contributed by atoms with E-state index in [1.807, 2.05) is 0 Å². The summed E-state index contributed by atoms with van der Waals surface area (Å²) in [6, 6.07) is 0. The first-order valence-electron chi connectivity index (χ1n) is 7.32. The number of methoxy groups -OCH3 is 1. The van der Waals surface area contributed by atoms with Gasteiger partial charge in [0.1, 0.15) is 42.7 Å². The van der Waals surface area contributed by atoms with E-state index in [0.717, 1.165) is 0 Å². The molecule has 2 heterocycles. The van der Waals surface area contributed by atoms with Gasteiger partial charge >= 0.3 is 0 Å². The van der Waals surface area contributed by atoms with Crippen LogP contribution in [0.2, 0.25) is 0 Å². The Morgan fingerprint density at radius 3 is 2.04 bits per heavy atom. The molecule has 2 fully saturated rings. The average Bonchev–Trinajstić information content (AvgIpc) is 2.55. The maximum Gasteiger partial charge on any atom is 0.187 e. The Labute approximate surface area is 132 Å². The Bertz CT molecular complexity index is 378. The topological polar surface area (TPSA) is 158 Å². The van der Waals surface area contributed by atoms with E-state index >= 15 is 0 Å². The van der Waals surface area contributed by atoms with Crippen LogP contribution in [0, 0.1) is 0 Å². The third-order valence-corrected chi connectivity index (χ3v) is 4.16. The summed E-state index contributed by atoms with van der Waals surface area (Å²) < 4.78 is 21.0. The van der Waals surface area contributed by atoms with Crippen molar-refractivity contribution in [1.82, 2.24) is 0 Å². The highest BCUT2D eigenvalue weighted by atomic mass is 16.8. The molecule has 0 aromatic carbocycles. The lowest BCUT2D eigenvalue weighted by Gasteiger charge is -2.45. The lowest BCUT2D eigenvalue weighted by atomic mass is 9.97. The number of ether oxygens (including phenoxy) is 4. The van der Waals surface area contributed by atoms with Gasteiger partial charge in [-0.25, -0.2) is 0 Å². The summed E-state index contributed by atoms with van der Waals surface area (Å²) in [7, 11) is 1.31. The number of aliphatic hydroxyl groups excluding tert-OH is 6. The quantitative estimate of drug-likeness (QED) is 0.300. The highest BCUT2D eigenvalue weighted by Crippen LogP contribution is 2.29. The molecule has 0 saturated carbocycles. The Balaban J connectivity index is 2.11. The molecule has 136 valence electrons. The molecule has 23 heavy (non-hydrogen) atoms. The van der Waals surface area contributed by atoms with Crippen LogP contribution >= 0.6 is 0 Å². The number of hydrogen-bond donors (Lipinski definition) is 6. The molecule has 2 rings (SSSR count). The van der Waals surface area contributed by atoms with Crippen molar-refractivity contribution in [2.45, 2.75) is 68.3 Å². The maximum atomic E-state index is 10.1. The molecule has 10 nitrogen and oxygen atoms in total. The van der Waals surface area contributed by atoms with Gasteiger partial charge in [-0.1, -0.05) is 0 Å². The molecule has 0 aliphatic carbocycles. The van der Waals surface area contributed by atoms with Crippen molar-refractivity contribution < 1.29 is 49.6 Å². The summed E-state index contributed by atoms with van der Waals surface area (Å²) in [5.74, 6) is 0. The van der Waals surface area contributed by atoms with E-state index < -0.39 is 68.0 Å². The summed E-state index contributed by atoms with van der Waals surface area (Å²) in [5, 5.41) is 58.6. The maximum absolute atomic E-state index is 10.1. The largest absolute Gasteiger partial charge is 0.394 e. The van der Waals surface area contributed by atoms with Gasteiger partial charge in [-0.15, -0.1) is 0 Å². The zero-order valence-electron chi connectivity index (χ0n) is 12.8. The minimum absolute atomic E-state index is 0.609. The SMILES string of the molecule is COC1O[C@@H](C)[C@H](O)[C@@H](O)[C@H]1OC1O[C@H](CO)[C@@H](O)[C@H](O)[C@@H]1O. The van der Waals surface area contributed by atoms with Gasteiger partial charge in [0.2, 0.25) is 0 Å². The van der Waals surface area contributed by atoms with Crippen molar-refractivity contribution in [3.63, 3.8) is 0 Å². The van der Waals surface area contributed by atoms with E-state index in [4.69, 9.17) is 24.1 Å². The first-order chi connectivity index (χ1) is 10.8. The van der Waals surface area contributed by atoms with Crippen LogP contribution in [-0.4, -0.2) is 106 Å². The van der Waals surface area contributed by atoms with Crippen molar-refractivity contribution in [2.75, 3.05) is 13.7 Å². The zero-order chi connectivity index (χ0) is 17.3. The molecule has 10 atom stereocenters. The second kappa shape index (κ2) is 7.66. The van der Waals surface area contributed by atoms with E-state index in [9.17, 15) is 25.5 Å². The van der Waals surface area contributed by atoms with Gasteiger partial charge < -0.3 is 49.6 Å². The van der Waals surface area contributed by atoms with Crippen LogP contribution < -0.4 is 0 Å². The summed E-state index contributed by atoms with van der Waals surface area (Å²) >= 11 is 0. The van der Waals surface area contributed by atoms with Crippen LogP contribution in [0.5, 0.6) is 0 Å². The van der Waals surface area contributed by atoms with Gasteiger partial charge in [-0.3, -0.25) is 0 Å². The van der Waals surface area contributed by atoms with Crippen LogP contribution in [0.4, 0.5) is 0 Å². The minimum Gasteiger partial charge on any atom is -0.394 e. The lowest BCUT2D eigenvalue weighted by molar-refractivity contribution is -0.362. The predicted molar refractivity (Wildman–Crippen MR) is 72.0 cm³/mol. The van der Waals surface area contributed by atoms with Crippen molar-refractivity contribution in [2.24, 2.45) is 0 Å². The molecular formula is C13H24O10. The van der Waals surface area contributed by atoms with Crippen molar-refractivity contribution in [1.29, 1.82) is 0 Å². The highest BCUT2D eigenvalue weighted by Gasteiger charge is 2.49. The minimum atomic E-state index is -1.63. The van der Waals surface area contributed by atoms with Gasteiger partial charge in [0.15, 0.2) is 12.6 Å². The second-order valence-electron chi connectivity index (χ2n) is 5.72. The average molecular weight is 340 g/mol. The van der Waals surface area contributed by atoms with Gasteiger partial charge in [0.05, 0.1) is 12.7 Å². The first-order valence-corrected chi connectivity index (χ1v) is 7.32. The van der Waals surface area contributed by atoms with Crippen molar-refractivity contribution in [3.8, 4) is 0 Å². The predicted octanol–water partition coefficient (Wildman–Crippen LogP) is -3.72. The molecule has 0 aromatic heterocycles. The molecule has 0 bridgehead atoms. The van der Waals surface area contributed by atoms with Gasteiger partial charge in [-0.05, 0) is 6.92 Å². The normalized spacial score (nSPS) is 51.7. The summed E-state index contributed by atoms with van der Waals surface area (Å²) in [5.41, 5.74) is 0. The monoisotopic (exact) mass is 340 g/mol. The second-order valence-corrected chi connectivity index (χ2v) is 5.72. The smallest absolute Gasteiger partial charge is 0.187 e. The third kappa shape index (κ3) is 3.66. The number of hydrogen-bond acceptors (Lipinski definition) is 10. The number of aliphatic hydroxyl groups is 6. The van der Waals surface area contributed by atoms with Gasteiger partial charge in [0.25, 0.3) is 0 Å². The molecule has 2 aliphatic rings. The Kier molecular flexibility index (Phi) is 6.30. The van der Waals surface area contributed by atoms with Crippen LogP contribution in [0.25, 0.3) is 0 Å².